The maximum Gasteiger partial charge on any atom is 0.356 e. The van der Waals surface area contributed by atoms with Gasteiger partial charge in [-0.25, -0.2) is 9.78 Å². The number of hydrogen-bond donors (Lipinski definition) is 1. The van der Waals surface area contributed by atoms with Crippen LogP contribution in [0.1, 0.15) is 10.5 Å². The first-order chi connectivity index (χ1) is 9.15. The highest BCUT2D eigenvalue weighted by molar-refractivity contribution is 5.85. The smallest absolute Gasteiger partial charge is 0.356 e. The summed E-state index contributed by atoms with van der Waals surface area (Å²) < 4.78 is 1.93. The molecule has 3 aromatic rings. The van der Waals surface area contributed by atoms with E-state index in [0.29, 0.717) is 5.69 Å². The number of aromatic nitrogens is 4. The van der Waals surface area contributed by atoms with E-state index in [1.165, 1.54) is 6.07 Å². The lowest BCUT2D eigenvalue weighted by Gasteiger charge is -2.01. The summed E-state index contributed by atoms with van der Waals surface area (Å²) in [5.41, 5.74) is 3.30. The lowest BCUT2D eigenvalue weighted by atomic mass is 10.1. The molecule has 0 bridgehead atoms. The molecule has 0 saturated carbocycles. The largest absolute Gasteiger partial charge is 0.476 e. The number of benzene rings is 1. The van der Waals surface area contributed by atoms with Crippen molar-refractivity contribution in [2.45, 2.75) is 0 Å². The van der Waals surface area contributed by atoms with Crippen molar-refractivity contribution in [2.24, 2.45) is 7.05 Å². The van der Waals surface area contributed by atoms with Gasteiger partial charge in [-0.15, -0.1) is 10.2 Å². The zero-order valence-electron chi connectivity index (χ0n) is 10.1. The molecule has 3 rings (SSSR count). The second-order valence-electron chi connectivity index (χ2n) is 4.17. The molecule has 6 nitrogen and oxygen atoms in total. The number of imidazole rings is 1. The molecule has 0 aliphatic rings. The van der Waals surface area contributed by atoms with E-state index in [-0.39, 0.29) is 5.69 Å². The molecule has 0 aliphatic carbocycles. The first-order valence-electron chi connectivity index (χ1n) is 5.63. The van der Waals surface area contributed by atoms with E-state index in [9.17, 15) is 4.79 Å². The molecule has 0 aliphatic heterocycles. The lowest BCUT2D eigenvalue weighted by Crippen LogP contribution is -2.01. The minimum absolute atomic E-state index is 0.0670. The van der Waals surface area contributed by atoms with Crippen molar-refractivity contribution in [3.05, 3.63) is 42.4 Å². The number of carboxylic acid groups (broad SMARTS) is 1. The summed E-state index contributed by atoms with van der Waals surface area (Å²) in [6, 6.07) is 8.84. The number of aromatic carboxylic acids is 1. The summed E-state index contributed by atoms with van der Waals surface area (Å²) in [5, 5.41) is 16.4. The Kier molecular flexibility index (Phi) is 2.49. The Morgan fingerprint density at radius 2 is 2.05 bits per heavy atom. The molecular weight excluding hydrogens is 244 g/mol. The van der Waals surface area contributed by atoms with Crippen molar-refractivity contribution in [2.75, 3.05) is 0 Å². The summed E-state index contributed by atoms with van der Waals surface area (Å²) >= 11 is 0. The first-order valence-corrected chi connectivity index (χ1v) is 5.63. The van der Waals surface area contributed by atoms with Crippen LogP contribution >= 0.6 is 0 Å². The summed E-state index contributed by atoms with van der Waals surface area (Å²) in [6.07, 6.45) is 1.74. The molecule has 0 fully saturated rings. The maximum atomic E-state index is 10.7. The number of hydrogen-bond acceptors (Lipinski definition) is 4. The van der Waals surface area contributed by atoms with Crippen LogP contribution in [0.2, 0.25) is 0 Å². The average Bonchev–Trinajstić information content (AvgIpc) is 2.80. The Labute approximate surface area is 108 Å². The van der Waals surface area contributed by atoms with Crippen LogP contribution in [0.3, 0.4) is 0 Å². The molecule has 94 valence electrons. The average molecular weight is 254 g/mol. The molecule has 0 atom stereocenters. The second-order valence-corrected chi connectivity index (χ2v) is 4.17. The number of carboxylic acids is 1. The molecule has 1 aromatic carbocycles. The van der Waals surface area contributed by atoms with Crippen molar-refractivity contribution < 1.29 is 9.90 Å². The van der Waals surface area contributed by atoms with Gasteiger partial charge in [0, 0.05) is 12.6 Å². The van der Waals surface area contributed by atoms with Crippen molar-refractivity contribution in [1.29, 1.82) is 0 Å². The minimum Gasteiger partial charge on any atom is -0.476 e. The third-order valence-corrected chi connectivity index (χ3v) is 2.90. The quantitative estimate of drug-likeness (QED) is 0.753. The number of rotatable bonds is 2. The van der Waals surface area contributed by atoms with E-state index in [1.54, 1.807) is 12.4 Å². The third kappa shape index (κ3) is 1.93. The molecular formula is C13H10N4O2. The topological polar surface area (TPSA) is 80.9 Å². The van der Waals surface area contributed by atoms with Crippen LogP contribution in [0.25, 0.3) is 22.3 Å². The molecule has 2 heterocycles. The molecule has 2 aromatic heterocycles. The lowest BCUT2D eigenvalue weighted by molar-refractivity contribution is 0.0689. The summed E-state index contributed by atoms with van der Waals surface area (Å²) in [7, 11) is 1.93. The Morgan fingerprint density at radius 1 is 1.21 bits per heavy atom. The fourth-order valence-electron chi connectivity index (χ4n) is 1.90. The molecule has 0 amide bonds. The second kappa shape index (κ2) is 4.16. The minimum atomic E-state index is -1.08. The van der Waals surface area contributed by atoms with E-state index in [2.05, 4.69) is 15.2 Å². The fourth-order valence-corrected chi connectivity index (χ4v) is 1.90. The molecule has 1 N–H and O–H groups in total. The van der Waals surface area contributed by atoms with Gasteiger partial charge in [0.05, 0.1) is 23.1 Å². The van der Waals surface area contributed by atoms with Crippen molar-refractivity contribution in [1.82, 2.24) is 19.7 Å². The highest BCUT2D eigenvalue weighted by Gasteiger charge is 2.08. The van der Waals surface area contributed by atoms with Gasteiger partial charge in [-0.3, -0.25) is 0 Å². The Morgan fingerprint density at radius 3 is 2.74 bits per heavy atom. The van der Waals surface area contributed by atoms with Crippen LogP contribution in [0.15, 0.2) is 36.7 Å². The molecule has 0 radical (unpaired) electrons. The molecule has 0 spiro atoms. The fraction of sp³-hybridized carbons (Fsp3) is 0.0769. The number of fused-ring (bicyclic) bond motifs is 1. The van der Waals surface area contributed by atoms with E-state index in [4.69, 9.17) is 5.11 Å². The standard InChI is InChI=1S/C13H10N4O2/c1-17-7-14-11-6-8(2-5-12(11)17)9-3-4-10(13(18)19)16-15-9/h2-7H,1H3,(H,18,19). The van der Waals surface area contributed by atoms with Gasteiger partial charge in [-0.2, -0.15) is 0 Å². The molecule has 0 unspecified atom stereocenters. The maximum absolute atomic E-state index is 10.7. The van der Waals surface area contributed by atoms with Crippen molar-refractivity contribution in [3.8, 4) is 11.3 Å². The van der Waals surface area contributed by atoms with Gasteiger partial charge in [0.2, 0.25) is 0 Å². The van der Waals surface area contributed by atoms with Crippen LogP contribution in [0.4, 0.5) is 0 Å². The number of aryl methyl sites for hydroxylation is 1. The monoisotopic (exact) mass is 254 g/mol. The predicted octanol–water partition coefficient (Wildman–Crippen LogP) is 1.73. The third-order valence-electron chi connectivity index (χ3n) is 2.90. The van der Waals surface area contributed by atoms with E-state index in [0.717, 1.165) is 16.6 Å². The van der Waals surface area contributed by atoms with Crippen molar-refractivity contribution in [3.63, 3.8) is 0 Å². The van der Waals surface area contributed by atoms with Crippen LogP contribution in [0, 0.1) is 0 Å². The first kappa shape index (κ1) is 11.3. The highest BCUT2D eigenvalue weighted by Crippen LogP contribution is 2.21. The zero-order chi connectivity index (χ0) is 13.4. The number of carbonyl (C=O) groups is 1. The summed E-state index contributed by atoms with van der Waals surface area (Å²) in [6.45, 7) is 0. The number of nitrogens with zero attached hydrogens (tertiary/aromatic N) is 4. The van der Waals surface area contributed by atoms with Gasteiger partial charge in [0.15, 0.2) is 5.69 Å². The Hall–Kier alpha value is -2.76. The van der Waals surface area contributed by atoms with E-state index < -0.39 is 5.97 Å². The van der Waals surface area contributed by atoms with Crippen LogP contribution in [-0.2, 0) is 7.05 Å². The van der Waals surface area contributed by atoms with Gasteiger partial charge < -0.3 is 9.67 Å². The van der Waals surface area contributed by atoms with Crippen LogP contribution in [-0.4, -0.2) is 30.8 Å². The molecule has 0 saturated heterocycles. The predicted molar refractivity (Wildman–Crippen MR) is 68.7 cm³/mol. The SMILES string of the molecule is Cn1cnc2cc(-c3ccc(C(=O)O)nn3)ccc21. The van der Waals surface area contributed by atoms with Crippen molar-refractivity contribution >= 4 is 17.0 Å². The Balaban J connectivity index is 2.05. The zero-order valence-corrected chi connectivity index (χ0v) is 10.1. The van der Waals surface area contributed by atoms with Crippen LogP contribution in [0.5, 0.6) is 0 Å². The van der Waals surface area contributed by atoms with Gasteiger partial charge in [0.1, 0.15) is 0 Å². The van der Waals surface area contributed by atoms with Gasteiger partial charge in [0.25, 0.3) is 0 Å². The Bertz CT molecular complexity index is 762. The molecule has 19 heavy (non-hydrogen) atoms. The highest BCUT2D eigenvalue weighted by atomic mass is 16.4. The van der Waals surface area contributed by atoms with Gasteiger partial charge in [-0.1, -0.05) is 6.07 Å². The van der Waals surface area contributed by atoms with E-state index in [1.807, 2.05) is 29.8 Å². The van der Waals surface area contributed by atoms with Gasteiger partial charge >= 0.3 is 5.97 Å². The van der Waals surface area contributed by atoms with E-state index >= 15 is 0 Å². The van der Waals surface area contributed by atoms with Gasteiger partial charge in [-0.05, 0) is 24.3 Å². The molecule has 6 heteroatoms. The summed E-state index contributed by atoms with van der Waals surface area (Å²) in [5.74, 6) is -1.08. The summed E-state index contributed by atoms with van der Waals surface area (Å²) in [4.78, 5) is 15.0. The normalized spacial score (nSPS) is 10.8. The van der Waals surface area contributed by atoms with Crippen LogP contribution < -0.4 is 0 Å².